The van der Waals surface area contributed by atoms with Crippen LogP contribution >= 0.6 is 0 Å². The Morgan fingerprint density at radius 2 is 2.07 bits per heavy atom. The molecule has 0 saturated heterocycles. The fourth-order valence-electron chi connectivity index (χ4n) is 4.71. The van der Waals surface area contributed by atoms with Gasteiger partial charge in [0.15, 0.2) is 0 Å². The first-order valence-electron chi connectivity index (χ1n) is 10.9. The summed E-state index contributed by atoms with van der Waals surface area (Å²) in [4.78, 5) is 13.3. The maximum Gasteiger partial charge on any atom is 0.222 e. The van der Waals surface area contributed by atoms with E-state index in [0.29, 0.717) is 18.3 Å². The number of rotatable bonds is 8. The molecule has 1 N–H and O–H groups in total. The molecule has 0 spiro atoms. The van der Waals surface area contributed by atoms with Gasteiger partial charge in [0.05, 0.1) is 6.10 Å². The van der Waals surface area contributed by atoms with Crippen LogP contribution in [0.25, 0.3) is 0 Å². The predicted molar refractivity (Wildman–Crippen MR) is 120 cm³/mol. The lowest BCUT2D eigenvalue weighted by atomic mass is 9.89. The largest absolute Gasteiger partial charge is 0.392 e. The highest BCUT2D eigenvalue weighted by Gasteiger charge is 2.42. The first kappa shape index (κ1) is 21.6. The highest BCUT2D eigenvalue weighted by Crippen LogP contribution is 2.47. The average Bonchev–Trinajstić information content (AvgIpc) is 3.19. The summed E-state index contributed by atoms with van der Waals surface area (Å²) in [6.07, 6.45) is 16.3. The van der Waals surface area contributed by atoms with E-state index in [-0.39, 0.29) is 17.9 Å². The van der Waals surface area contributed by atoms with Crippen molar-refractivity contribution in [3.05, 3.63) is 71.3 Å². The van der Waals surface area contributed by atoms with Gasteiger partial charge in [-0.15, -0.1) is 0 Å². The van der Waals surface area contributed by atoms with Crippen molar-refractivity contribution in [2.75, 3.05) is 14.1 Å². The number of allylic oxidation sites excluding steroid dienone is 5. The molecule has 0 aromatic heterocycles. The van der Waals surface area contributed by atoms with Crippen molar-refractivity contribution >= 4 is 5.91 Å². The summed E-state index contributed by atoms with van der Waals surface area (Å²) in [7, 11) is 3.60. The zero-order chi connectivity index (χ0) is 20.8. The molecule has 0 unspecified atom stereocenters. The van der Waals surface area contributed by atoms with Crippen molar-refractivity contribution in [1.29, 1.82) is 0 Å². The molecule has 1 saturated carbocycles. The van der Waals surface area contributed by atoms with Gasteiger partial charge < -0.3 is 10.0 Å². The number of amides is 1. The number of aliphatic hydroxyl groups is 1. The molecular formula is C26H35NO2. The number of carbonyl (C=O) groups excluding carboxylic acids is 1. The van der Waals surface area contributed by atoms with Gasteiger partial charge in [0.1, 0.15) is 0 Å². The molecule has 3 nitrogen and oxygen atoms in total. The molecule has 4 atom stereocenters. The topological polar surface area (TPSA) is 40.5 Å². The fraction of sp³-hybridized carbons (Fsp3) is 0.500. The highest BCUT2D eigenvalue weighted by molar-refractivity contribution is 5.75. The second kappa shape index (κ2) is 10.1. The van der Waals surface area contributed by atoms with Crippen LogP contribution in [0.2, 0.25) is 0 Å². The molecule has 1 aromatic rings. The number of hydrogen-bond acceptors (Lipinski definition) is 2. The van der Waals surface area contributed by atoms with Crippen LogP contribution in [0.3, 0.4) is 0 Å². The van der Waals surface area contributed by atoms with E-state index in [4.69, 9.17) is 0 Å². The molecule has 0 heterocycles. The minimum absolute atomic E-state index is 0.172. The molecule has 1 amide bonds. The monoisotopic (exact) mass is 393 g/mol. The Hall–Kier alpha value is -2.13. The highest BCUT2D eigenvalue weighted by atomic mass is 16.3. The van der Waals surface area contributed by atoms with E-state index in [1.54, 1.807) is 19.0 Å². The van der Waals surface area contributed by atoms with Crippen molar-refractivity contribution in [3.8, 4) is 0 Å². The Kier molecular flexibility index (Phi) is 7.49. The minimum atomic E-state index is -0.222. The summed E-state index contributed by atoms with van der Waals surface area (Å²) in [5.74, 6) is 1.43. The lowest BCUT2D eigenvalue weighted by Gasteiger charge is -2.17. The molecule has 3 heteroatoms. The van der Waals surface area contributed by atoms with E-state index in [1.807, 2.05) is 0 Å². The van der Waals surface area contributed by atoms with Gasteiger partial charge in [-0.2, -0.15) is 0 Å². The Labute approximate surface area is 175 Å². The van der Waals surface area contributed by atoms with Crippen LogP contribution in [-0.2, 0) is 11.2 Å². The van der Waals surface area contributed by atoms with Gasteiger partial charge in [0.25, 0.3) is 0 Å². The van der Waals surface area contributed by atoms with Crippen LogP contribution in [0.1, 0.15) is 43.2 Å². The number of hydrogen-bond donors (Lipinski definition) is 1. The van der Waals surface area contributed by atoms with Gasteiger partial charge >= 0.3 is 0 Å². The van der Waals surface area contributed by atoms with Crippen LogP contribution in [0.4, 0.5) is 0 Å². The molecule has 3 rings (SSSR count). The van der Waals surface area contributed by atoms with Crippen LogP contribution in [0.15, 0.2) is 60.2 Å². The first-order valence-corrected chi connectivity index (χ1v) is 10.9. The third-order valence-corrected chi connectivity index (χ3v) is 6.30. The van der Waals surface area contributed by atoms with Crippen molar-refractivity contribution in [1.82, 2.24) is 4.90 Å². The van der Waals surface area contributed by atoms with Crippen LogP contribution < -0.4 is 0 Å². The number of aliphatic hydroxyl groups excluding tert-OH is 1. The van der Waals surface area contributed by atoms with Crippen molar-refractivity contribution in [2.45, 2.75) is 51.6 Å². The number of nitrogens with zero attached hydrogens (tertiary/aromatic N) is 1. The summed E-state index contributed by atoms with van der Waals surface area (Å²) >= 11 is 0. The molecule has 0 bridgehead atoms. The quantitative estimate of drug-likeness (QED) is 0.641. The summed E-state index contributed by atoms with van der Waals surface area (Å²) in [6.45, 7) is 2.13. The first-order chi connectivity index (χ1) is 13.9. The van der Waals surface area contributed by atoms with E-state index < -0.39 is 0 Å². The number of aryl methyl sites for hydroxylation is 2. The molecular weight excluding hydrogens is 358 g/mol. The maximum atomic E-state index is 11.7. The number of carbonyl (C=O) groups is 1. The van der Waals surface area contributed by atoms with Crippen molar-refractivity contribution in [2.24, 2.45) is 17.8 Å². The lowest BCUT2D eigenvalue weighted by Crippen LogP contribution is -2.20. The van der Waals surface area contributed by atoms with E-state index in [2.05, 4.69) is 61.6 Å². The molecule has 1 aromatic carbocycles. The number of fused-ring (bicyclic) bond motifs is 1. The molecule has 1 fully saturated rings. The zero-order valence-electron chi connectivity index (χ0n) is 18.1. The van der Waals surface area contributed by atoms with Crippen LogP contribution in [0, 0.1) is 24.7 Å². The average molecular weight is 394 g/mol. The predicted octanol–water partition coefficient (Wildman–Crippen LogP) is 4.85. The van der Waals surface area contributed by atoms with Crippen molar-refractivity contribution < 1.29 is 9.90 Å². The summed E-state index contributed by atoms with van der Waals surface area (Å²) in [6, 6.07) is 8.69. The molecule has 2 aliphatic rings. The fourth-order valence-corrected chi connectivity index (χ4v) is 4.71. The van der Waals surface area contributed by atoms with Gasteiger partial charge in [0, 0.05) is 26.4 Å². The summed E-state index contributed by atoms with van der Waals surface area (Å²) < 4.78 is 0. The van der Waals surface area contributed by atoms with Gasteiger partial charge in [-0.1, -0.05) is 65.8 Å². The third kappa shape index (κ3) is 5.93. The lowest BCUT2D eigenvalue weighted by molar-refractivity contribution is -0.128. The van der Waals surface area contributed by atoms with Gasteiger partial charge in [-0.05, 0) is 56.4 Å². The zero-order valence-corrected chi connectivity index (χ0v) is 18.1. The second-order valence-electron chi connectivity index (χ2n) is 8.84. The molecule has 0 aliphatic heterocycles. The van der Waals surface area contributed by atoms with Gasteiger partial charge in [-0.3, -0.25) is 4.79 Å². The summed E-state index contributed by atoms with van der Waals surface area (Å²) in [5.41, 5.74) is 4.05. The Morgan fingerprint density at radius 1 is 1.24 bits per heavy atom. The minimum Gasteiger partial charge on any atom is -0.392 e. The normalized spacial score (nSPS) is 26.3. The molecule has 156 valence electrons. The maximum absolute atomic E-state index is 11.7. The molecule has 2 aliphatic carbocycles. The Morgan fingerprint density at radius 3 is 2.83 bits per heavy atom. The standard InChI is InChI=1S/C26H35NO2/c1-19-9-8-12-20(15-19)10-4-6-13-23-24-17-21(16-22(24)18-25(23)28)11-5-7-14-26(29)27(2)3/h5-6,8-9,11-13,15-16,22-25,28H,4,7,10,14,17-18H2,1-3H3/b11-5+,13-6+/t22-,23+,24-,25+/m0/s1. The van der Waals surface area contributed by atoms with E-state index >= 15 is 0 Å². The van der Waals surface area contributed by atoms with E-state index in [0.717, 1.165) is 32.1 Å². The Balaban J connectivity index is 1.47. The van der Waals surface area contributed by atoms with Crippen LogP contribution in [0.5, 0.6) is 0 Å². The smallest absolute Gasteiger partial charge is 0.222 e. The van der Waals surface area contributed by atoms with Crippen LogP contribution in [-0.4, -0.2) is 36.1 Å². The van der Waals surface area contributed by atoms with E-state index in [1.165, 1.54) is 16.7 Å². The van der Waals surface area contributed by atoms with Gasteiger partial charge in [0.2, 0.25) is 5.91 Å². The van der Waals surface area contributed by atoms with Crippen molar-refractivity contribution in [3.63, 3.8) is 0 Å². The number of benzene rings is 1. The summed E-state index contributed by atoms with van der Waals surface area (Å²) in [5, 5.41) is 10.5. The van der Waals surface area contributed by atoms with Gasteiger partial charge in [-0.25, -0.2) is 0 Å². The Bertz CT molecular complexity index is 790. The molecule has 29 heavy (non-hydrogen) atoms. The van der Waals surface area contributed by atoms with E-state index in [9.17, 15) is 9.90 Å². The second-order valence-corrected chi connectivity index (χ2v) is 8.84. The third-order valence-electron chi connectivity index (χ3n) is 6.30. The SMILES string of the molecule is Cc1cccc(CC/C=C/[C@@H]2[C@H]3CC(/C=C/CCC(=O)N(C)C)=C[C@H]3C[C@H]2O)c1. The molecule has 0 radical (unpaired) electrons.